The van der Waals surface area contributed by atoms with E-state index in [0.29, 0.717) is 11.5 Å². The number of imidazole rings is 1. The molecule has 2 heterocycles. The van der Waals surface area contributed by atoms with Gasteiger partial charge in [-0.3, -0.25) is 0 Å². The first-order chi connectivity index (χ1) is 11.7. The van der Waals surface area contributed by atoms with Gasteiger partial charge in [0.2, 0.25) is 5.82 Å². The molecule has 0 spiro atoms. The number of hydrogen-bond donors (Lipinski definition) is 2. The van der Waals surface area contributed by atoms with Crippen molar-refractivity contribution in [3.05, 3.63) is 54.5 Å². The van der Waals surface area contributed by atoms with Crippen molar-refractivity contribution < 1.29 is 0 Å². The van der Waals surface area contributed by atoms with Crippen molar-refractivity contribution in [1.29, 1.82) is 5.26 Å². The summed E-state index contributed by atoms with van der Waals surface area (Å²) in [5, 5.41) is 25.5. The van der Waals surface area contributed by atoms with E-state index < -0.39 is 0 Å². The Morgan fingerprint density at radius 3 is 2.75 bits per heavy atom. The average Bonchev–Trinajstić information content (AvgIpc) is 3.28. The number of anilines is 1. The third kappa shape index (κ3) is 3.15. The zero-order valence-electron chi connectivity index (χ0n) is 13.3. The first-order valence-electron chi connectivity index (χ1n) is 7.43. The van der Waals surface area contributed by atoms with E-state index in [1.54, 1.807) is 12.4 Å². The van der Waals surface area contributed by atoms with E-state index in [4.69, 9.17) is 5.26 Å². The third-order valence-electron chi connectivity index (χ3n) is 3.42. The van der Waals surface area contributed by atoms with E-state index in [2.05, 4.69) is 49.3 Å². The number of allylic oxidation sites excluding steroid dienone is 1. The zero-order valence-corrected chi connectivity index (χ0v) is 13.3. The zero-order chi connectivity index (χ0) is 16.9. The molecule has 0 fully saturated rings. The molecular formula is C16H16N8. The fraction of sp³-hybridized carbons (Fsp3) is 0.188. The van der Waals surface area contributed by atoms with Crippen LogP contribution < -0.4 is 5.32 Å². The highest BCUT2D eigenvalue weighted by atomic mass is 15.5. The van der Waals surface area contributed by atoms with Gasteiger partial charge in [0.25, 0.3) is 0 Å². The summed E-state index contributed by atoms with van der Waals surface area (Å²) in [7, 11) is 0. The minimum absolute atomic E-state index is 0.251. The van der Waals surface area contributed by atoms with Crippen LogP contribution in [0.15, 0.2) is 42.9 Å². The Kier molecular flexibility index (Phi) is 4.34. The predicted molar refractivity (Wildman–Crippen MR) is 89.0 cm³/mol. The number of aromatic nitrogens is 6. The maximum absolute atomic E-state index is 9.14. The molecule has 0 atom stereocenters. The monoisotopic (exact) mass is 320 g/mol. The van der Waals surface area contributed by atoms with Crippen LogP contribution in [0, 0.1) is 11.3 Å². The number of H-pyrrole nitrogens is 1. The fourth-order valence-corrected chi connectivity index (χ4v) is 2.26. The van der Waals surface area contributed by atoms with Gasteiger partial charge in [-0.2, -0.15) is 10.5 Å². The van der Waals surface area contributed by atoms with Gasteiger partial charge in [-0.15, -0.1) is 10.2 Å². The van der Waals surface area contributed by atoms with Crippen LogP contribution in [0.2, 0.25) is 0 Å². The molecular weight excluding hydrogens is 304 g/mol. The normalized spacial score (nSPS) is 11.5. The fourth-order valence-electron chi connectivity index (χ4n) is 2.26. The molecule has 0 aliphatic carbocycles. The lowest BCUT2D eigenvalue weighted by atomic mass is 10.2. The van der Waals surface area contributed by atoms with E-state index in [-0.39, 0.29) is 5.82 Å². The van der Waals surface area contributed by atoms with Crippen molar-refractivity contribution in [1.82, 2.24) is 30.2 Å². The van der Waals surface area contributed by atoms with Crippen molar-refractivity contribution in [3.63, 3.8) is 0 Å². The number of nitrogens with one attached hydrogen (secondary N) is 2. The van der Waals surface area contributed by atoms with Crippen LogP contribution in [0.1, 0.15) is 31.4 Å². The van der Waals surface area contributed by atoms with Gasteiger partial charge in [-0.1, -0.05) is 13.8 Å². The molecule has 0 saturated carbocycles. The van der Waals surface area contributed by atoms with Gasteiger partial charge in [0.15, 0.2) is 0 Å². The summed E-state index contributed by atoms with van der Waals surface area (Å²) in [4.78, 5) is 4.39. The van der Waals surface area contributed by atoms with Crippen LogP contribution in [0.4, 0.5) is 5.69 Å². The van der Waals surface area contributed by atoms with Crippen molar-refractivity contribution in [2.75, 3.05) is 5.32 Å². The van der Waals surface area contributed by atoms with E-state index in [9.17, 15) is 0 Å². The molecule has 8 nitrogen and oxygen atoms in total. The predicted octanol–water partition coefficient (Wildman–Crippen LogP) is 2.49. The van der Waals surface area contributed by atoms with Crippen molar-refractivity contribution in [2.24, 2.45) is 0 Å². The third-order valence-corrected chi connectivity index (χ3v) is 3.42. The quantitative estimate of drug-likeness (QED) is 0.699. The molecule has 3 rings (SSSR count). The molecule has 8 heteroatoms. The van der Waals surface area contributed by atoms with Gasteiger partial charge in [-0.05, 0) is 29.5 Å². The molecule has 0 unspecified atom stereocenters. The molecule has 0 radical (unpaired) electrons. The molecule has 120 valence electrons. The van der Waals surface area contributed by atoms with Gasteiger partial charge in [0.05, 0.1) is 0 Å². The molecule has 0 amide bonds. The van der Waals surface area contributed by atoms with Gasteiger partial charge in [0.1, 0.15) is 17.5 Å². The number of hydrogen-bond acceptors (Lipinski definition) is 6. The van der Waals surface area contributed by atoms with Crippen LogP contribution in [0.3, 0.4) is 0 Å². The van der Waals surface area contributed by atoms with E-state index in [1.807, 2.05) is 36.5 Å². The Hall–Kier alpha value is -3.47. The molecule has 24 heavy (non-hydrogen) atoms. The smallest absolute Gasteiger partial charge is 0.216 e. The SMILES string of the molecule is CC(C)c1nccn1-c1ccc(NC=C(C#N)c2nn[nH]n2)cc1. The first-order valence-corrected chi connectivity index (χ1v) is 7.43. The average molecular weight is 320 g/mol. The second-order valence-electron chi connectivity index (χ2n) is 5.41. The summed E-state index contributed by atoms with van der Waals surface area (Å²) in [6, 6.07) is 9.87. The highest BCUT2D eigenvalue weighted by Crippen LogP contribution is 2.19. The van der Waals surface area contributed by atoms with Crippen LogP contribution >= 0.6 is 0 Å². The Bertz CT molecular complexity index is 866. The number of nitriles is 1. The number of nitrogens with zero attached hydrogens (tertiary/aromatic N) is 6. The molecule has 0 aliphatic rings. The van der Waals surface area contributed by atoms with Crippen molar-refractivity contribution in [3.8, 4) is 11.8 Å². The molecule has 3 aromatic rings. The number of aromatic amines is 1. The Morgan fingerprint density at radius 2 is 2.12 bits per heavy atom. The van der Waals surface area contributed by atoms with E-state index in [1.165, 1.54) is 0 Å². The van der Waals surface area contributed by atoms with Crippen LogP contribution in [-0.4, -0.2) is 30.2 Å². The Morgan fingerprint density at radius 1 is 1.33 bits per heavy atom. The molecule has 0 aliphatic heterocycles. The highest BCUT2D eigenvalue weighted by molar-refractivity contribution is 5.74. The van der Waals surface area contributed by atoms with E-state index >= 15 is 0 Å². The van der Waals surface area contributed by atoms with Gasteiger partial charge in [-0.25, -0.2) is 4.98 Å². The lowest BCUT2D eigenvalue weighted by Crippen LogP contribution is -2.02. The number of tetrazole rings is 1. The Labute approximate surface area is 138 Å². The van der Waals surface area contributed by atoms with Crippen molar-refractivity contribution >= 4 is 11.3 Å². The number of benzene rings is 1. The number of rotatable bonds is 5. The summed E-state index contributed by atoms with van der Waals surface area (Å²) in [6.45, 7) is 4.22. The lowest BCUT2D eigenvalue weighted by Gasteiger charge is -2.11. The molecule has 1 aromatic carbocycles. The topological polar surface area (TPSA) is 108 Å². The maximum atomic E-state index is 9.14. The molecule has 2 N–H and O–H groups in total. The Balaban J connectivity index is 1.78. The maximum Gasteiger partial charge on any atom is 0.216 e. The summed E-state index contributed by atoms with van der Waals surface area (Å²) < 4.78 is 2.06. The van der Waals surface area contributed by atoms with E-state index in [0.717, 1.165) is 17.2 Å². The summed E-state index contributed by atoms with van der Waals surface area (Å²) >= 11 is 0. The molecule has 2 aromatic heterocycles. The lowest BCUT2D eigenvalue weighted by molar-refractivity contribution is 0.752. The van der Waals surface area contributed by atoms with Crippen LogP contribution in [0.25, 0.3) is 11.3 Å². The summed E-state index contributed by atoms with van der Waals surface area (Å²) in [5.41, 5.74) is 2.18. The van der Waals surface area contributed by atoms with Crippen molar-refractivity contribution in [2.45, 2.75) is 19.8 Å². The summed E-state index contributed by atoms with van der Waals surface area (Å²) in [5.74, 6) is 1.61. The van der Waals surface area contributed by atoms with Gasteiger partial charge in [0, 0.05) is 35.9 Å². The minimum atomic E-state index is 0.251. The standard InChI is InChI=1S/C16H16N8/c1-11(2)16-18-7-8-24(16)14-5-3-13(4-6-14)19-10-12(9-17)15-20-22-23-21-15/h3-8,10-11,19H,1-2H3,(H,20,21,22,23). The first kappa shape index (κ1) is 15.4. The van der Waals surface area contributed by atoms with Gasteiger partial charge >= 0.3 is 0 Å². The second kappa shape index (κ2) is 6.75. The van der Waals surface area contributed by atoms with Crippen LogP contribution in [-0.2, 0) is 0 Å². The minimum Gasteiger partial charge on any atom is -0.360 e. The molecule has 0 saturated heterocycles. The summed E-state index contributed by atoms with van der Waals surface area (Å²) in [6.07, 6.45) is 5.30. The second-order valence-corrected chi connectivity index (χ2v) is 5.41. The van der Waals surface area contributed by atoms with Crippen LogP contribution in [0.5, 0.6) is 0 Å². The van der Waals surface area contributed by atoms with Gasteiger partial charge < -0.3 is 9.88 Å². The molecule has 0 bridgehead atoms. The highest BCUT2D eigenvalue weighted by Gasteiger charge is 2.09. The largest absolute Gasteiger partial charge is 0.360 e.